The van der Waals surface area contributed by atoms with Crippen molar-refractivity contribution in [1.82, 2.24) is 10.2 Å². The molecule has 9 heteroatoms. The summed E-state index contributed by atoms with van der Waals surface area (Å²) in [7, 11) is 1.58. The van der Waals surface area contributed by atoms with E-state index in [1.165, 1.54) is 0 Å². The van der Waals surface area contributed by atoms with E-state index in [2.05, 4.69) is 17.6 Å². The van der Waals surface area contributed by atoms with Gasteiger partial charge in [-0.3, -0.25) is 14.4 Å². The Morgan fingerprint density at radius 2 is 1.92 bits per heavy atom. The molecule has 3 fully saturated rings. The zero-order valence-electron chi connectivity index (χ0n) is 21.9. The van der Waals surface area contributed by atoms with Crippen LogP contribution in [0, 0.1) is 17.8 Å². The Morgan fingerprint density at radius 1 is 1.22 bits per heavy atom. The smallest absolute Gasteiger partial charge is 0.248 e. The van der Waals surface area contributed by atoms with Gasteiger partial charge >= 0.3 is 0 Å². The van der Waals surface area contributed by atoms with Gasteiger partial charge in [0, 0.05) is 17.0 Å². The van der Waals surface area contributed by atoms with Crippen molar-refractivity contribution in [3.8, 4) is 5.75 Å². The van der Waals surface area contributed by atoms with Gasteiger partial charge in [0.2, 0.25) is 17.7 Å². The number of amides is 3. The number of carbonyl (C=O) groups is 3. The van der Waals surface area contributed by atoms with E-state index in [4.69, 9.17) is 4.74 Å². The minimum Gasteiger partial charge on any atom is -0.497 e. The van der Waals surface area contributed by atoms with E-state index >= 15 is 0 Å². The molecule has 3 amide bonds. The third kappa shape index (κ3) is 4.18. The summed E-state index contributed by atoms with van der Waals surface area (Å²) < 4.78 is 4.10. The maximum Gasteiger partial charge on any atom is 0.248 e. The standard InChI is InChI=1S/C27H39N3O5S/c1-6-14-28-23(32)20-21-25(34)30(19(15-31)16(3)7-2)22(27(21)13-12-26(20,4)36-27)24(33)29-17-8-10-18(35-5)11-9-17/h8-11,16,19-22,31H,6-7,12-15H2,1-5H3,(H,28,32)(H,29,33)/t16-,19-,20+,21-,22?,26-,27?/m0/s1. The molecule has 7 atom stereocenters. The fourth-order valence-electron chi connectivity index (χ4n) is 6.48. The molecule has 0 aromatic heterocycles. The Morgan fingerprint density at radius 3 is 2.50 bits per heavy atom. The molecule has 1 aromatic rings. The van der Waals surface area contributed by atoms with E-state index in [9.17, 15) is 19.5 Å². The average Bonchev–Trinajstić information content (AvgIpc) is 3.44. The number of aliphatic hydroxyl groups is 1. The average molecular weight is 518 g/mol. The summed E-state index contributed by atoms with van der Waals surface area (Å²) in [4.78, 5) is 43.2. The highest BCUT2D eigenvalue weighted by molar-refractivity contribution is 8.02. The Labute approximate surface area is 217 Å². The number of ether oxygens (including phenoxy) is 1. The lowest BCUT2D eigenvalue weighted by Crippen LogP contribution is -2.56. The minimum absolute atomic E-state index is 0.00406. The van der Waals surface area contributed by atoms with Gasteiger partial charge in [-0.05, 0) is 56.4 Å². The summed E-state index contributed by atoms with van der Waals surface area (Å²) in [5.74, 6) is -0.987. The molecule has 3 aliphatic rings. The first-order valence-electron chi connectivity index (χ1n) is 13.0. The molecule has 2 unspecified atom stereocenters. The molecular formula is C27H39N3O5S. The molecule has 0 saturated carbocycles. The van der Waals surface area contributed by atoms with E-state index in [0.717, 1.165) is 19.3 Å². The summed E-state index contributed by atoms with van der Waals surface area (Å²) >= 11 is 1.64. The number of fused-ring (bicyclic) bond motifs is 1. The number of hydrogen-bond acceptors (Lipinski definition) is 6. The Balaban J connectivity index is 1.75. The molecule has 2 bridgehead atoms. The lowest BCUT2D eigenvalue weighted by atomic mass is 9.66. The van der Waals surface area contributed by atoms with Crippen LogP contribution in [0.3, 0.4) is 0 Å². The highest BCUT2D eigenvalue weighted by atomic mass is 32.2. The van der Waals surface area contributed by atoms with Crippen molar-refractivity contribution in [2.75, 3.05) is 25.6 Å². The predicted octanol–water partition coefficient (Wildman–Crippen LogP) is 3.05. The molecule has 1 spiro atoms. The monoisotopic (exact) mass is 517 g/mol. The maximum absolute atomic E-state index is 14.2. The summed E-state index contributed by atoms with van der Waals surface area (Å²) in [6.45, 7) is 8.40. The minimum atomic E-state index is -0.779. The van der Waals surface area contributed by atoms with Crippen molar-refractivity contribution in [3.63, 3.8) is 0 Å². The molecule has 3 N–H and O–H groups in total. The number of hydrogen-bond donors (Lipinski definition) is 3. The van der Waals surface area contributed by atoms with Gasteiger partial charge in [0.05, 0.1) is 36.3 Å². The fraction of sp³-hybridized carbons (Fsp3) is 0.667. The normalized spacial score (nSPS) is 32.2. The number of nitrogens with zero attached hydrogens (tertiary/aromatic N) is 1. The van der Waals surface area contributed by atoms with Crippen LogP contribution in [0.2, 0.25) is 0 Å². The fourth-order valence-corrected chi connectivity index (χ4v) is 8.82. The first kappa shape index (κ1) is 26.8. The molecule has 198 valence electrons. The van der Waals surface area contributed by atoms with Crippen LogP contribution in [0.25, 0.3) is 0 Å². The van der Waals surface area contributed by atoms with Crippen molar-refractivity contribution >= 4 is 35.2 Å². The lowest BCUT2D eigenvalue weighted by molar-refractivity contribution is -0.143. The summed E-state index contributed by atoms with van der Waals surface area (Å²) in [5.41, 5.74) is 0.609. The maximum atomic E-state index is 14.2. The summed E-state index contributed by atoms with van der Waals surface area (Å²) in [6.07, 6.45) is 3.01. The molecule has 0 aliphatic carbocycles. The molecule has 3 saturated heterocycles. The summed E-state index contributed by atoms with van der Waals surface area (Å²) in [5, 5.41) is 16.4. The van der Waals surface area contributed by atoms with Crippen molar-refractivity contribution in [1.29, 1.82) is 0 Å². The first-order valence-corrected chi connectivity index (χ1v) is 13.8. The molecule has 0 radical (unpaired) electrons. The quantitative estimate of drug-likeness (QED) is 0.440. The molecule has 3 heterocycles. The first-order chi connectivity index (χ1) is 17.2. The Hall–Kier alpha value is -2.26. The van der Waals surface area contributed by atoms with Crippen LogP contribution >= 0.6 is 11.8 Å². The molecule has 1 aromatic carbocycles. The van der Waals surface area contributed by atoms with Gasteiger partial charge in [0.25, 0.3) is 0 Å². The second-order valence-electron chi connectivity index (χ2n) is 10.6. The largest absolute Gasteiger partial charge is 0.497 e. The van der Waals surface area contributed by atoms with E-state index in [-0.39, 0.29) is 30.2 Å². The lowest BCUT2D eigenvalue weighted by Gasteiger charge is -2.39. The van der Waals surface area contributed by atoms with Crippen LogP contribution in [0.1, 0.15) is 53.4 Å². The number of benzene rings is 1. The van der Waals surface area contributed by atoms with Gasteiger partial charge in [-0.1, -0.05) is 27.2 Å². The predicted molar refractivity (Wildman–Crippen MR) is 141 cm³/mol. The number of methoxy groups -OCH3 is 1. The Kier molecular flexibility index (Phi) is 7.62. The van der Waals surface area contributed by atoms with Gasteiger partial charge in [-0.15, -0.1) is 11.8 Å². The van der Waals surface area contributed by atoms with Crippen LogP contribution < -0.4 is 15.4 Å². The molecule has 3 aliphatic heterocycles. The highest BCUT2D eigenvalue weighted by Gasteiger charge is 2.77. The number of anilines is 1. The SMILES string of the molecule is CCCNC(=O)[C@H]1[C@H]2C(=O)N([C@@H](CO)[C@@H](C)CC)C(C(=O)Nc3ccc(OC)cc3)C23CC[C@]1(C)S3. The van der Waals surface area contributed by atoms with Gasteiger partial charge < -0.3 is 25.4 Å². The van der Waals surface area contributed by atoms with Gasteiger partial charge in [-0.25, -0.2) is 0 Å². The van der Waals surface area contributed by atoms with E-state index in [0.29, 0.717) is 24.4 Å². The van der Waals surface area contributed by atoms with Crippen molar-refractivity contribution in [2.45, 2.75) is 75.0 Å². The number of thioether (sulfide) groups is 1. The van der Waals surface area contributed by atoms with Crippen LogP contribution in [-0.2, 0) is 14.4 Å². The zero-order chi connectivity index (χ0) is 26.3. The van der Waals surface area contributed by atoms with Crippen LogP contribution in [-0.4, -0.2) is 69.6 Å². The van der Waals surface area contributed by atoms with Crippen molar-refractivity contribution < 1.29 is 24.2 Å². The van der Waals surface area contributed by atoms with Gasteiger partial charge in [0.1, 0.15) is 11.8 Å². The topological polar surface area (TPSA) is 108 Å². The van der Waals surface area contributed by atoms with Gasteiger partial charge in [0.15, 0.2) is 0 Å². The number of rotatable bonds is 10. The Bertz CT molecular complexity index is 1000. The number of likely N-dealkylation sites (tertiary alicyclic amines) is 1. The molecule has 8 nitrogen and oxygen atoms in total. The number of nitrogens with one attached hydrogen (secondary N) is 2. The van der Waals surface area contributed by atoms with Crippen LogP contribution in [0.15, 0.2) is 24.3 Å². The van der Waals surface area contributed by atoms with Crippen molar-refractivity contribution in [2.24, 2.45) is 17.8 Å². The zero-order valence-corrected chi connectivity index (χ0v) is 22.7. The molecular weight excluding hydrogens is 478 g/mol. The van der Waals surface area contributed by atoms with Gasteiger partial charge in [-0.2, -0.15) is 0 Å². The molecule has 36 heavy (non-hydrogen) atoms. The third-order valence-corrected chi connectivity index (χ3v) is 10.5. The van der Waals surface area contributed by atoms with E-state index in [1.807, 2.05) is 20.8 Å². The van der Waals surface area contributed by atoms with E-state index < -0.39 is 33.4 Å². The highest BCUT2D eigenvalue weighted by Crippen LogP contribution is 2.71. The van der Waals surface area contributed by atoms with Crippen LogP contribution in [0.4, 0.5) is 5.69 Å². The van der Waals surface area contributed by atoms with Crippen molar-refractivity contribution in [3.05, 3.63) is 24.3 Å². The second kappa shape index (κ2) is 10.2. The second-order valence-corrected chi connectivity index (χ2v) is 12.5. The third-order valence-electron chi connectivity index (χ3n) is 8.50. The number of carbonyl (C=O) groups excluding carboxylic acids is 3. The van der Waals surface area contributed by atoms with E-state index in [1.54, 1.807) is 48.0 Å². The molecule has 4 rings (SSSR count). The summed E-state index contributed by atoms with van der Waals surface area (Å²) in [6, 6.07) is 5.81. The van der Waals surface area contributed by atoms with Crippen LogP contribution in [0.5, 0.6) is 5.75 Å². The number of aliphatic hydroxyl groups excluding tert-OH is 1.